The van der Waals surface area contributed by atoms with Crippen LogP contribution in [0.25, 0.3) is 0 Å². The van der Waals surface area contributed by atoms with E-state index in [1.807, 2.05) is 6.92 Å². The van der Waals surface area contributed by atoms with Crippen LogP contribution in [-0.4, -0.2) is 35.7 Å². The molecule has 0 saturated heterocycles. The van der Waals surface area contributed by atoms with E-state index in [0.29, 0.717) is 19.6 Å². The second-order valence-corrected chi connectivity index (χ2v) is 4.91. The molecule has 1 amide bonds. The SMILES string of the molecule is CCOCCC(=O)NC1(CC(=O)O)CCCCC1. The molecule has 1 aliphatic carbocycles. The number of carboxylic acids is 1. The van der Waals surface area contributed by atoms with Crippen LogP contribution in [0.5, 0.6) is 0 Å². The van der Waals surface area contributed by atoms with E-state index in [1.165, 1.54) is 0 Å². The van der Waals surface area contributed by atoms with Gasteiger partial charge in [-0.3, -0.25) is 9.59 Å². The number of hydrogen-bond acceptors (Lipinski definition) is 3. The van der Waals surface area contributed by atoms with E-state index in [9.17, 15) is 9.59 Å². The number of nitrogens with one attached hydrogen (secondary N) is 1. The van der Waals surface area contributed by atoms with Crippen molar-refractivity contribution in [1.82, 2.24) is 5.32 Å². The molecule has 0 radical (unpaired) electrons. The van der Waals surface area contributed by atoms with Gasteiger partial charge in [-0.1, -0.05) is 19.3 Å². The molecule has 0 atom stereocenters. The van der Waals surface area contributed by atoms with Gasteiger partial charge in [0.1, 0.15) is 0 Å². The molecule has 1 aliphatic rings. The maximum Gasteiger partial charge on any atom is 0.305 e. The quantitative estimate of drug-likeness (QED) is 0.681. The summed E-state index contributed by atoms with van der Waals surface area (Å²) in [6.07, 6.45) is 4.94. The number of carbonyl (C=O) groups is 2. The summed E-state index contributed by atoms with van der Waals surface area (Å²) in [4.78, 5) is 22.7. The van der Waals surface area contributed by atoms with Crippen LogP contribution >= 0.6 is 0 Å². The van der Waals surface area contributed by atoms with Crippen molar-refractivity contribution in [3.05, 3.63) is 0 Å². The van der Waals surface area contributed by atoms with Gasteiger partial charge in [0.25, 0.3) is 0 Å². The van der Waals surface area contributed by atoms with E-state index >= 15 is 0 Å². The van der Waals surface area contributed by atoms with E-state index in [1.54, 1.807) is 0 Å². The molecular formula is C13H23NO4. The van der Waals surface area contributed by atoms with Crippen molar-refractivity contribution in [2.24, 2.45) is 0 Å². The summed E-state index contributed by atoms with van der Waals surface area (Å²) < 4.78 is 5.13. The Morgan fingerprint density at radius 3 is 2.50 bits per heavy atom. The molecule has 0 aliphatic heterocycles. The zero-order valence-corrected chi connectivity index (χ0v) is 11.0. The van der Waals surface area contributed by atoms with Gasteiger partial charge in [0.05, 0.1) is 18.6 Å². The highest BCUT2D eigenvalue weighted by molar-refractivity contribution is 5.78. The monoisotopic (exact) mass is 257 g/mol. The summed E-state index contributed by atoms with van der Waals surface area (Å²) in [5, 5.41) is 11.9. The fourth-order valence-electron chi connectivity index (χ4n) is 2.53. The number of ether oxygens (including phenoxy) is 1. The molecule has 0 aromatic rings. The Balaban J connectivity index is 2.49. The summed E-state index contributed by atoms with van der Waals surface area (Å²) >= 11 is 0. The highest BCUT2D eigenvalue weighted by atomic mass is 16.5. The second kappa shape index (κ2) is 7.36. The van der Waals surface area contributed by atoms with Gasteiger partial charge in [0.2, 0.25) is 5.91 Å². The van der Waals surface area contributed by atoms with Crippen molar-refractivity contribution in [3.63, 3.8) is 0 Å². The summed E-state index contributed by atoms with van der Waals surface area (Å²) in [5.74, 6) is -0.950. The third-order valence-corrected chi connectivity index (χ3v) is 3.38. The lowest BCUT2D eigenvalue weighted by Crippen LogP contribution is -2.51. The first kappa shape index (κ1) is 15.0. The molecule has 0 aromatic carbocycles. The minimum Gasteiger partial charge on any atom is -0.481 e. The van der Waals surface area contributed by atoms with Crippen molar-refractivity contribution < 1.29 is 19.4 Å². The van der Waals surface area contributed by atoms with E-state index < -0.39 is 11.5 Å². The highest BCUT2D eigenvalue weighted by Gasteiger charge is 2.35. The van der Waals surface area contributed by atoms with Crippen molar-refractivity contribution in [2.45, 2.75) is 57.4 Å². The van der Waals surface area contributed by atoms with E-state index in [4.69, 9.17) is 9.84 Å². The van der Waals surface area contributed by atoms with Crippen LogP contribution in [0.15, 0.2) is 0 Å². The molecule has 1 rings (SSSR count). The van der Waals surface area contributed by atoms with Crippen LogP contribution in [0.2, 0.25) is 0 Å². The largest absolute Gasteiger partial charge is 0.481 e. The lowest BCUT2D eigenvalue weighted by molar-refractivity contribution is -0.139. The molecule has 0 bridgehead atoms. The molecule has 5 heteroatoms. The number of rotatable bonds is 7. The highest BCUT2D eigenvalue weighted by Crippen LogP contribution is 2.31. The average molecular weight is 257 g/mol. The number of amides is 1. The summed E-state index contributed by atoms with van der Waals surface area (Å²) in [6.45, 7) is 2.87. The van der Waals surface area contributed by atoms with Crippen LogP contribution in [0.3, 0.4) is 0 Å². The first-order valence-corrected chi connectivity index (χ1v) is 6.68. The predicted molar refractivity (Wildman–Crippen MR) is 67.3 cm³/mol. The summed E-state index contributed by atoms with van der Waals surface area (Å²) in [6, 6.07) is 0. The Bertz CT molecular complexity index is 285. The minimum absolute atomic E-state index is 0.0212. The van der Waals surface area contributed by atoms with Gasteiger partial charge in [0.15, 0.2) is 0 Å². The Kier molecular flexibility index (Phi) is 6.12. The molecule has 0 spiro atoms. The van der Waals surface area contributed by atoms with E-state index in [-0.39, 0.29) is 12.3 Å². The normalized spacial score (nSPS) is 18.3. The molecule has 5 nitrogen and oxygen atoms in total. The number of carbonyl (C=O) groups excluding carboxylic acids is 1. The van der Waals surface area contributed by atoms with Crippen LogP contribution in [0.4, 0.5) is 0 Å². The Morgan fingerprint density at radius 2 is 1.94 bits per heavy atom. The standard InChI is InChI=1S/C13H23NO4/c1-2-18-9-6-11(15)14-13(10-12(16)17)7-4-3-5-8-13/h2-10H2,1H3,(H,14,15)(H,16,17). The maximum atomic E-state index is 11.8. The lowest BCUT2D eigenvalue weighted by atomic mass is 9.79. The third-order valence-electron chi connectivity index (χ3n) is 3.38. The fraction of sp³-hybridized carbons (Fsp3) is 0.846. The maximum absolute atomic E-state index is 11.8. The third kappa shape index (κ3) is 5.04. The van der Waals surface area contributed by atoms with E-state index in [2.05, 4.69) is 5.32 Å². The molecule has 0 heterocycles. The second-order valence-electron chi connectivity index (χ2n) is 4.91. The van der Waals surface area contributed by atoms with Crippen molar-refractivity contribution in [1.29, 1.82) is 0 Å². The van der Waals surface area contributed by atoms with Crippen LogP contribution < -0.4 is 5.32 Å². The molecule has 2 N–H and O–H groups in total. The Labute approximate surface area is 108 Å². The van der Waals surface area contributed by atoms with Crippen LogP contribution in [0, 0.1) is 0 Å². The Morgan fingerprint density at radius 1 is 1.28 bits per heavy atom. The fourth-order valence-corrected chi connectivity index (χ4v) is 2.53. The zero-order chi connectivity index (χ0) is 13.4. The summed E-state index contributed by atoms with van der Waals surface area (Å²) in [7, 11) is 0. The number of carboxylic acid groups (broad SMARTS) is 1. The van der Waals surface area contributed by atoms with Crippen LogP contribution in [-0.2, 0) is 14.3 Å². The van der Waals surface area contributed by atoms with Gasteiger partial charge in [-0.2, -0.15) is 0 Å². The molecule has 0 aromatic heterocycles. The van der Waals surface area contributed by atoms with E-state index in [0.717, 1.165) is 32.1 Å². The molecule has 18 heavy (non-hydrogen) atoms. The Hall–Kier alpha value is -1.10. The molecule has 1 saturated carbocycles. The molecular weight excluding hydrogens is 234 g/mol. The lowest BCUT2D eigenvalue weighted by Gasteiger charge is -2.37. The topological polar surface area (TPSA) is 75.6 Å². The molecule has 104 valence electrons. The zero-order valence-electron chi connectivity index (χ0n) is 11.0. The number of aliphatic carboxylic acids is 1. The van der Waals surface area contributed by atoms with Crippen molar-refractivity contribution >= 4 is 11.9 Å². The van der Waals surface area contributed by atoms with Gasteiger partial charge in [-0.05, 0) is 19.8 Å². The first-order chi connectivity index (χ1) is 8.58. The number of hydrogen-bond donors (Lipinski definition) is 2. The molecule has 1 fully saturated rings. The first-order valence-electron chi connectivity index (χ1n) is 6.68. The van der Waals surface area contributed by atoms with Gasteiger partial charge >= 0.3 is 5.97 Å². The van der Waals surface area contributed by atoms with Gasteiger partial charge in [-0.15, -0.1) is 0 Å². The van der Waals surface area contributed by atoms with Gasteiger partial charge in [-0.25, -0.2) is 0 Å². The van der Waals surface area contributed by atoms with Gasteiger partial charge < -0.3 is 15.2 Å². The summed E-state index contributed by atoms with van der Waals surface area (Å²) in [5.41, 5.74) is -0.534. The minimum atomic E-state index is -0.845. The predicted octanol–water partition coefficient (Wildman–Crippen LogP) is 1.71. The van der Waals surface area contributed by atoms with Crippen LogP contribution in [0.1, 0.15) is 51.9 Å². The van der Waals surface area contributed by atoms with Crippen molar-refractivity contribution in [2.75, 3.05) is 13.2 Å². The smallest absolute Gasteiger partial charge is 0.305 e. The average Bonchev–Trinajstić information content (AvgIpc) is 2.29. The molecule has 0 unspecified atom stereocenters. The van der Waals surface area contributed by atoms with Gasteiger partial charge in [0, 0.05) is 13.0 Å². The van der Waals surface area contributed by atoms with Crippen molar-refractivity contribution in [3.8, 4) is 0 Å².